The number of esters is 1. The largest absolute Gasteiger partial charge is 0.419 e. The molecule has 1 N–H and O–H groups in total. The first-order chi connectivity index (χ1) is 14.1. The Morgan fingerprint density at radius 2 is 1.55 bits per heavy atom. The van der Waals surface area contributed by atoms with Crippen LogP contribution in [0.1, 0.15) is 59.5 Å². The maximum Gasteiger partial charge on any atom is 0.343 e. The number of hydrogen-bond acceptors (Lipinski definition) is 5. The molecule has 0 saturated carbocycles. The first-order valence-electron chi connectivity index (χ1n) is 10.0. The zero-order valence-corrected chi connectivity index (χ0v) is 17.2. The van der Waals surface area contributed by atoms with Gasteiger partial charge in [0.05, 0.1) is 23.0 Å². The van der Waals surface area contributed by atoms with E-state index in [2.05, 4.69) is 34.3 Å². The predicted octanol–water partition coefficient (Wildman–Crippen LogP) is 5.66. The van der Waals surface area contributed by atoms with Crippen LogP contribution < -0.4 is 10.1 Å². The van der Waals surface area contributed by atoms with Gasteiger partial charge in [0.2, 0.25) is 5.95 Å². The Morgan fingerprint density at radius 3 is 2.14 bits per heavy atom. The third-order valence-corrected chi connectivity index (χ3v) is 4.76. The Hall–Kier alpha value is -3.21. The van der Waals surface area contributed by atoms with Crippen LogP contribution in [0.3, 0.4) is 0 Å². The van der Waals surface area contributed by atoms with E-state index in [0.717, 1.165) is 19.3 Å². The summed E-state index contributed by atoms with van der Waals surface area (Å²) in [6, 6.07) is 19.4. The fourth-order valence-corrected chi connectivity index (χ4v) is 3.22. The van der Waals surface area contributed by atoms with Crippen LogP contribution >= 0.6 is 0 Å². The third kappa shape index (κ3) is 5.41. The van der Waals surface area contributed by atoms with Gasteiger partial charge in [0.25, 0.3) is 0 Å². The number of hydrogen-bond donors (Lipinski definition) is 1. The van der Waals surface area contributed by atoms with Gasteiger partial charge >= 0.3 is 5.97 Å². The van der Waals surface area contributed by atoms with E-state index in [1.807, 2.05) is 38.1 Å². The Balaban J connectivity index is 1.79. The van der Waals surface area contributed by atoms with Gasteiger partial charge in [-0.05, 0) is 38.0 Å². The summed E-state index contributed by atoms with van der Waals surface area (Å²) in [7, 11) is 0. The molecule has 0 saturated heterocycles. The monoisotopic (exact) mass is 389 g/mol. The van der Waals surface area contributed by atoms with Crippen molar-refractivity contribution < 1.29 is 9.53 Å². The van der Waals surface area contributed by atoms with E-state index >= 15 is 0 Å². The summed E-state index contributed by atoms with van der Waals surface area (Å²) >= 11 is 0. The number of rotatable bonds is 8. The molecular formula is C24H27N3O2. The summed E-state index contributed by atoms with van der Waals surface area (Å²) in [6.45, 7) is 5.84. The van der Waals surface area contributed by atoms with E-state index in [0.29, 0.717) is 28.6 Å². The molecule has 5 heteroatoms. The number of unbranched alkanes of at least 4 members (excludes halogenated alkanes) is 1. The third-order valence-electron chi connectivity index (χ3n) is 4.76. The van der Waals surface area contributed by atoms with Crippen molar-refractivity contribution in [2.45, 2.75) is 46.1 Å². The van der Waals surface area contributed by atoms with Gasteiger partial charge in [0.15, 0.2) is 5.75 Å². The van der Waals surface area contributed by atoms with E-state index in [-0.39, 0.29) is 6.04 Å². The number of nitrogens with one attached hydrogen (secondary N) is 1. The second-order valence-corrected chi connectivity index (χ2v) is 7.05. The lowest BCUT2D eigenvalue weighted by molar-refractivity contribution is 0.0730. The Labute approximate surface area is 172 Å². The molecule has 1 atom stereocenters. The minimum absolute atomic E-state index is 0.132. The molecule has 1 unspecified atom stereocenters. The first-order valence-corrected chi connectivity index (χ1v) is 10.0. The number of ether oxygens (including phenoxy) is 1. The van der Waals surface area contributed by atoms with Gasteiger partial charge in [-0.3, -0.25) is 0 Å². The van der Waals surface area contributed by atoms with Crippen LogP contribution in [0, 0.1) is 13.8 Å². The van der Waals surface area contributed by atoms with Crippen LogP contribution in [0.25, 0.3) is 0 Å². The summed E-state index contributed by atoms with van der Waals surface area (Å²) < 4.78 is 5.58. The quantitative estimate of drug-likeness (QED) is 0.504. The highest BCUT2D eigenvalue weighted by Crippen LogP contribution is 2.27. The zero-order valence-electron chi connectivity index (χ0n) is 17.2. The number of carbonyl (C=O) groups excluding carboxylic acids is 1. The summed E-state index contributed by atoms with van der Waals surface area (Å²) in [5.41, 5.74) is 2.97. The summed E-state index contributed by atoms with van der Waals surface area (Å²) in [6.07, 6.45) is 3.22. The van der Waals surface area contributed by atoms with Crippen molar-refractivity contribution in [1.29, 1.82) is 0 Å². The molecule has 0 amide bonds. The van der Waals surface area contributed by atoms with E-state index in [9.17, 15) is 4.79 Å². The van der Waals surface area contributed by atoms with Gasteiger partial charge in [-0.25, -0.2) is 14.8 Å². The molecule has 1 heterocycles. The molecule has 0 radical (unpaired) electrons. The maximum atomic E-state index is 12.4. The van der Waals surface area contributed by atoms with Gasteiger partial charge in [-0.2, -0.15) is 0 Å². The van der Waals surface area contributed by atoms with Gasteiger partial charge in [0, 0.05) is 0 Å². The lowest BCUT2D eigenvalue weighted by Gasteiger charge is -2.20. The number of carbonyl (C=O) groups is 1. The van der Waals surface area contributed by atoms with E-state index in [1.54, 1.807) is 24.3 Å². The highest BCUT2D eigenvalue weighted by molar-refractivity contribution is 5.91. The molecule has 150 valence electrons. The first kappa shape index (κ1) is 20.5. The molecule has 0 aliphatic heterocycles. The van der Waals surface area contributed by atoms with Crippen molar-refractivity contribution in [2.75, 3.05) is 5.32 Å². The number of nitrogens with zero attached hydrogens (tertiary/aromatic N) is 2. The number of benzene rings is 2. The lowest BCUT2D eigenvalue weighted by Crippen LogP contribution is -2.16. The van der Waals surface area contributed by atoms with Crippen LogP contribution in [0.4, 0.5) is 5.95 Å². The van der Waals surface area contributed by atoms with Crippen LogP contribution in [0.5, 0.6) is 5.75 Å². The van der Waals surface area contributed by atoms with Crippen molar-refractivity contribution in [3.8, 4) is 5.75 Å². The summed E-state index contributed by atoms with van der Waals surface area (Å²) in [4.78, 5) is 21.5. The van der Waals surface area contributed by atoms with Crippen LogP contribution in [0.15, 0.2) is 60.7 Å². The molecular weight excluding hydrogens is 362 g/mol. The molecule has 0 aliphatic rings. The Kier molecular flexibility index (Phi) is 6.95. The average Bonchev–Trinajstić information content (AvgIpc) is 2.75. The van der Waals surface area contributed by atoms with E-state index in [4.69, 9.17) is 4.74 Å². The number of anilines is 1. The fraction of sp³-hybridized carbons (Fsp3) is 0.292. The topological polar surface area (TPSA) is 64.1 Å². The van der Waals surface area contributed by atoms with Crippen molar-refractivity contribution in [3.05, 3.63) is 83.2 Å². The van der Waals surface area contributed by atoms with Crippen LogP contribution in [0.2, 0.25) is 0 Å². The Bertz CT molecular complexity index is 920. The molecule has 2 aromatic carbocycles. The molecule has 0 aliphatic carbocycles. The molecule has 3 rings (SSSR count). The second-order valence-electron chi connectivity index (χ2n) is 7.05. The molecule has 0 bridgehead atoms. The molecule has 1 aromatic heterocycles. The fourth-order valence-electron chi connectivity index (χ4n) is 3.22. The van der Waals surface area contributed by atoms with Crippen molar-refractivity contribution in [2.24, 2.45) is 0 Å². The maximum absolute atomic E-state index is 12.4. The summed E-state index contributed by atoms with van der Waals surface area (Å²) in [5, 5.41) is 3.46. The standard InChI is InChI=1S/C24H27N3O2/c1-4-5-16-21(19-12-8-6-9-13-19)27-24-25-17(2)22(18(3)26-24)29-23(28)20-14-10-7-11-15-20/h6-15,21H,4-5,16H2,1-3H3,(H,25,26,27). The number of aromatic nitrogens is 2. The second kappa shape index (κ2) is 9.82. The van der Waals surface area contributed by atoms with Gasteiger partial charge in [0.1, 0.15) is 0 Å². The Morgan fingerprint density at radius 1 is 0.966 bits per heavy atom. The van der Waals surface area contributed by atoms with Crippen molar-refractivity contribution in [1.82, 2.24) is 9.97 Å². The van der Waals surface area contributed by atoms with Gasteiger partial charge < -0.3 is 10.1 Å². The molecule has 29 heavy (non-hydrogen) atoms. The van der Waals surface area contributed by atoms with E-state index < -0.39 is 5.97 Å². The zero-order chi connectivity index (χ0) is 20.6. The van der Waals surface area contributed by atoms with Gasteiger partial charge in [-0.15, -0.1) is 0 Å². The lowest BCUT2D eigenvalue weighted by atomic mass is 10.0. The minimum atomic E-state index is -0.411. The SMILES string of the molecule is CCCCC(Nc1nc(C)c(OC(=O)c2ccccc2)c(C)n1)c1ccccc1. The highest BCUT2D eigenvalue weighted by atomic mass is 16.5. The molecule has 0 fully saturated rings. The highest BCUT2D eigenvalue weighted by Gasteiger charge is 2.17. The molecule has 5 nitrogen and oxygen atoms in total. The molecule has 0 spiro atoms. The van der Waals surface area contributed by atoms with Crippen LogP contribution in [-0.2, 0) is 0 Å². The average molecular weight is 389 g/mol. The summed E-state index contributed by atoms with van der Waals surface area (Å²) in [5.74, 6) is 0.546. The van der Waals surface area contributed by atoms with E-state index in [1.165, 1.54) is 5.56 Å². The van der Waals surface area contributed by atoms with Gasteiger partial charge in [-0.1, -0.05) is 68.3 Å². The normalized spacial score (nSPS) is 11.7. The smallest absolute Gasteiger partial charge is 0.343 e. The van der Waals surface area contributed by atoms with Crippen LogP contribution in [-0.4, -0.2) is 15.9 Å². The molecule has 3 aromatic rings. The van der Waals surface area contributed by atoms with Crippen molar-refractivity contribution in [3.63, 3.8) is 0 Å². The number of aryl methyl sites for hydroxylation is 2. The minimum Gasteiger partial charge on any atom is -0.419 e. The predicted molar refractivity (Wildman–Crippen MR) is 115 cm³/mol. The van der Waals surface area contributed by atoms with Crippen molar-refractivity contribution >= 4 is 11.9 Å².